The van der Waals surface area contributed by atoms with Crippen molar-refractivity contribution in [2.24, 2.45) is 4.99 Å². The summed E-state index contributed by atoms with van der Waals surface area (Å²) in [7, 11) is 0. The Balaban J connectivity index is 3.07. The fourth-order valence-electron chi connectivity index (χ4n) is 0.997. The summed E-state index contributed by atoms with van der Waals surface area (Å²) >= 11 is 0. The van der Waals surface area contributed by atoms with Gasteiger partial charge in [-0.15, -0.1) is 0 Å². The molecule has 0 radical (unpaired) electrons. The second-order valence-corrected chi connectivity index (χ2v) is 2.48. The van der Waals surface area contributed by atoms with Crippen LogP contribution in [0.3, 0.4) is 0 Å². The van der Waals surface area contributed by atoms with Crippen LogP contribution in [0.15, 0.2) is 23.2 Å². The lowest BCUT2D eigenvalue weighted by molar-refractivity contribution is -0.0502. The van der Waals surface area contributed by atoms with Gasteiger partial charge in [-0.2, -0.15) is 13.8 Å². The molecular formula is C9H7F2NO2. The summed E-state index contributed by atoms with van der Waals surface area (Å²) in [5.74, 6) is 0.0106. The number of nitrogens with zero attached hydrogens (tertiary/aromatic N) is 1. The molecule has 5 heteroatoms. The molecule has 0 atom stereocenters. The van der Waals surface area contributed by atoms with Gasteiger partial charge in [-0.1, -0.05) is 6.07 Å². The SMILES string of the molecule is Cc1c(N=C=O)cccc1OC(F)F. The molecule has 0 saturated heterocycles. The summed E-state index contributed by atoms with van der Waals surface area (Å²) in [5.41, 5.74) is 0.661. The minimum atomic E-state index is -2.89. The molecule has 0 aliphatic carbocycles. The first-order valence-electron chi connectivity index (χ1n) is 3.77. The van der Waals surface area contributed by atoms with Crippen LogP contribution in [-0.2, 0) is 4.79 Å². The number of rotatable bonds is 3. The van der Waals surface area contributed by atoms with Crippen molar-refractivity contribution < 1.29 is 18.3 Å². The Bertz CT molecular complexity index is 373. The maximum atomic E-state index is 11.9. The van der Waals surface area contributed by atoms with Crippen LogP contribution in [0.25, 0.3) is 0 Å². The summed E-state index contributed by atoms with van der Waals surface area (Å²) < 4.78 is 28.0. The molecule has 0 amide bonds. The van der Waals surface area contributed by atoms with E-state index in [0.717, 1.165) is 0 Å². The van der Waals surface area contributed by atoms with Crippen LogP contribution in [0, 0.1) is 6.92 Å². The Hall–Kier alpha value is -1.74. The van der Waals surface area contributed by atoms with Crippen LogP contribution in [-0.4, -0.2) is 12.7 Å². The lowest BCUT2D eigenvalue weighted by Gasteiger charge is -2.08. The fourth-order valence-corrected chi connectivity index (χ4v) is 0.997. The van der Waals surface area contributed by atoms with E-state index in [1.165, 1.54) is 31.2 Å². The molecule has 0 unspecified atom stereocenters. The normalized spacial score (nSPS) is 9.71. The molecule has 0 aliphatic rings. The maximum absolute atomic E-state index is 11.9. The largest absolute Gasteiger partial charge is 0.434 e. The standard InChI is InChI=1S/C9H7F2NO2/c1-6-7(12-5-13)3-2-4-8(6)14-9(10)11/h2-4,9H,1H3. The van der Waals surface area contributed by atoms with E-state index in [4.69, 9.17) is 0 Å². The molecule has 1 aromatic carbocycles. The van der Waals surface area contributed by atoms with Crippen molar-refractivity contribution >= 4 is 11.8 Å². The van der Waals surface area contributed by atoms with Crippen LogP contribution >= 0.6 is 0 Å². The molecule has 0 saturated carbocycles. The Labute approximate surface area is 79.0 Å². The Morgan fingerprint density at radius 1 is 1.50 bits per heavy atom. The zero-order valence-corrected chi connectivity index (χ0v) is 7.33. The van der Waals surface area contributed by atoms with Crippen LogP contribution in [0.5, 0.6) is 5.75 Å². The Morgan fingerprint density at radius 3 is 2.79 bits per heavy atom. The van der Waals surface area contributed by atoms with E-state index in [1.54, 1.807) is 0 Å². The third-order valence-electron chi connectivity index (χ3n) is 1.64. The first-order chi connectivity index (χ1) is 6.65. The molecule has 1 aromatic rings. The van der Waals surface area contributed by atoms with E-state index in [9.17, 15) is 13.6 Å². The van der Waals surface area contributed by atoms with Crippen molar-refractivity contribution in [2.45, 2.75) is 13.5 Å². The minimum absolute atomic E-state index is 0.0106. The highest BCUT2D eigenvalue weighted by Crippen LogP contribution is 2.28. The maximum Gasteiger partial charge on any atom is 0.387 e. The molecule has 0 spiro atoms. The molecule has 0 aromatic heterocycles. The number of halogens is 2. The summed E-state index contributed by atoms with van der Waals surface area (Å²) in [6.07, 6.45) is 1.34. The number of aliphatic imine (C=N–C) groups is 1. The Kier molecular flexibility index (Phi) is 3.31. The van der Waals surface area contributed by atoms with Crippen molar-refractivity contribution in [2.75, 3.05) is 0 Å². The summed E-state index contributed by atoms with van der Waals surface area (Å²) in [5, 5.41) is 0. The van der Waals surface area contributed by atoms with Crippen molar-refractivity contribution in [1.29, 1.82) is 0 Å². The van der Waals surface area contributed by atoms with Gasteiger partial charge in [-0.05, 0) is 19.1 Å². The van der Waals surface area contributed by atoms with Crippen molar-refractivity contribution in [1.82, 2.24) is 0 Å². The first kappa shape index (κ1) is 10.3. The van der Waals surface area contributed by atoms with Gasteiger partial charge in [0, 0.05) is 5.56 Å². The molecule has 0 bridgehead atoms. The molecular weight excluding hydrogens is 192 g/mol. The van der Waals surface area contributed by atoms with Crippen LogP contribution in [0.2, 0.25) is 0 Å². The first-order valence-corrected chi connectivity index (χ1v) is 3.77. The van der Waals surface area contributed by atoms with Gasteiger partial charge in [0.15, 0.2) is 0 Å². The average molecular weight is 199 g/mol. The van der Waals surface area contributed by atoms with E-state index < -0.39 is 6.61 Å². The predicted octanol–water partition coefficient (Wildman–Crippen LogP) is 2.56. The van der Waals surface area contributed by atoms with Gasteiger partial charge in [0.25, 0.3) is 0 Å². The fraction of sp³-hybridized carbons (Fsp3) is 0.222. The lowest BCUT2D eigenvalue weighted by Crippen LogP contribution is -2.03. The average Bonchev–Trinajstić information content (AvgIpc) is 2.11. The monoisotopic (exact) mass is 199 g/mol. The second-order valence-electron chi connectivity index (χ2n) is 2.48. The number of benzene rings is 1. The third kappa shape index (κ3) is 2.37. The van der Waals surface area contributed by atoms with E-state index in [-0.39, 0.29) is 11.4 Å². The van der Waals surface area contributed by atoms with Gasteiger partial charge >= 0.3 is 6.61 Å². The minimum Gasteiger partial charge on any atom is -0.434 e. The number of ether oxygens (including phenoxy) is 1. The van der Waals surface area contributed by atoms with Gasteiger partial charge in [-0.3, -0.25) is 0 Å². The molecule has 0 aliphatic heterocycles. The number of alkyl halides is 2. The summed E-state index contributed by atoms with van der Waals surface area (Å²) in [6.45, 7) is -1.35. The number of hydrogen-bond donors (Lipinski definition) is 0. The summed E-state index contributed by atoms with van der Waals surface area (Å²) in [4.78, 5) is 13.3. The number of isocyanates is 1. The van der Waals surface area contributed by atoms with E-state index in [1.807, 2.05) is 0 Å². The van der Waals surface area contributed by atoms with E-state index >= 15 is 0 Å². The number of carbonyl (C=O) groups excluding carboxylic acids is 1. The predicted molar refractivity (Wildman–Crippen MR) is 45.6 cm³/mol. The Morgan fingerprint density at radius 2 is 2.21 bits per heavy atom. The lowest BCUT2D eigenvalue weighted by atomic mass is 10.2. The van der Waals surface area contributed by atoms with Gasteiger partial charge in [0.05, 0.1) is 5.69 Å². The van der Waals surface area contributed by atoms with Crippen LogP contribution in [0.4, 0.5) is 14.5 Å². The highest BCUT2D eigenvalue weighted by molar-refractivity contribution is 5.57. The zero-order chi connectivity index (χ0) is 10.6. The molecule has 14 heavy (non-hydrogen) atoms. The van der Waals surface area contributed by atoms with Gasteiger partial charge in [0.2, 0.25) is 6.08 Å². The van der Waals surface area contributed by atoms with Crippen molar-refractivity contribution in [3.05, 3.63) is 23.8 Å². The smallest absolute Gasteiger partial charge is 0.387 e. The topological polar surface area (TPSA) is 38.7 Å². The molecule has 0 heterocycles. The van der Waals surface area contributed by atoms with Crippen LogP contribution in [0.1, 0.15) is 5.56 Å². The highest BCUT2D eigenvalue weighted by Gasteiger charge is 2.09. The van der Waals surface area contributed by atoms with Gasteiger partial charge < -0.3 is 4.74 Å². The highest BCUT2D eigenvalue weighted by atomic mass is 19.3. The van der Waals surface area contributed by atoms with E-state index in [0.29, 0.717) is 5.56 Å². The quantitative estimate of drug-likeness (QED) is 0.554. The third-order valence-corrected chi connectivity index (χ3v) is 1.64. The zero-order valence-electron chi connectivity index (χ0n) is 7.33. The molecule has 0 N–H and O–H groups in total. The van der Waals surface area contributed by atoms with Gasteiger partial charge in [-0.25, -0.2) is 4.79 Å². The molecule has 74 valence electrons. The van der Waals surface area contributed by atoms with Crippen LogP contribution < -0.4 is 4.74 Å². The summed E-state index contributed by atoms with van der Waals surface area (Å²) in [6, 6.07) is 4.37. The number of hydrogen-bond acceptors (Lipinski definition) is 3. The molecule has 0 fully saturated rings. The van der Waals surface area contributed by atoms with Crippen molar-refractivity contribution in [3.63, 3.8) is 0 Å². The molecule has 3 nitrogen and oxygen atoms in total. The van der Waals surface area contributed by atoms with E-state index in [2.05, 4.69) is 9.73 Å². The van der Waals surface area contributed by atoms with Crippen molar-refractivity contribution in [3.8, 4) is 5.75 Å². The molecule has 1 rings (SSSR count). The second kappa shape index (κ2) is 4.48. The van der Waals surface area contributed by atoms with Gasteiger partial charge in [0.1, 0.15) is 5.75 Å².